The van der Waals surface area contributed by atoms with Crippen LogP contribution in [-0.2, 0) is 22.0 Å². The molecule has 6 heterocycles. The molecule has 69 heavy (non-hydrogen) atoms. The molecule has 3 aromatic carbocycles. The molecular weight excluding hydrogens is 895 g/mol. The molecule has 0 spiro atoms. The molecule has 0 amide bonds. The van der Waals surface area contributed by atoms with Crippen LogP contribution in [0.15, 0.2) is 169 Å². The maximum atomic E-state index is 12.5. The summed E-state index contributed by atoms with van der Waals surface area (Å²) < 4.78 is 31.9. The smallest absolute Gasteiger partial charge is 0.159 e. The molecule has 9 rings (SSSR count). The molecule has 0 fully saturated rings. The van der Waals surface area contributed by atoms with Crippen molar-refractivity contribution >= 4 is 60.8 Å². The van der Waals surface area contributed by atoms with Gasteiger partial charge in [-0.1, -0.05) is 91.0 Å². The van der Waals surface area contributed by atoms with Crippen molar-refractivity contribution in [3.8, 4) is 33.8 Å². The molecule has 2 unspecified atom stereocenters. The molecule has 9 aromatic rings. The van der Waals surface area contributed by atoms with Gasteiger partial charge in [-0.15, -0.1) is 0 Å². The summed E-state index contributed by atoms with van der Waals surface area (Å²) in [6, 6.07) is 47.8. The minimum Gasteiger partial charge on any atom is -0.324 e. The Kier molecular flexibility index (Phi) is 16.1. The summed E-state index contributed by atoms with van der Waals surface area (Å²) in [5.74, 6) is 0. The fourth-order valence-corrected chi connectivity index (χ4v) is 8.61. The third kappa shape index (κ3) is 12.7. The standard InChI is InChI=1S/C20H23N3OS.C20H21N3OS.C16H15N3/c2*1-14(23-25(24)20(2,3)4)17-13-16-11-8-12-21-19(16)22-18(17)15-9-6-5-7-10-15;1-11(17)14-10-13-8-5-9-18-16(13)19-15(14)12-6-3-2-4-7-12/h5-14,23H,1-4H3;5-13H,1-4H3;2-11H,17H2,1H3/t14?,25-;25-;/m00./s1. The van der Waals surface area contributed by atoms with E-state index >= 15 is 0 Å². The van der Waals surface area contributed by atoms with Crippen LogP contribution in [0.2, 0.25) is 0 Å². The Bertz CT molecular complexity index is 3270. The fraction of sp³-hybridized carbons (Fsp3) is 0.232. The van der Waals surface area contributed by atoms with Crippen LogP contribution in [0.25, 0.3) is 66.9 Å². The van der Waals surface area contributed by atoms with E-state index in [-0.39, 0.29) is 16.8 Å². The van der Waals surface area contributed by atoms with Crippen LogP contribution >= 0.6 is 0 Å². The van der Waals surface area contributed by atoms with E-state index in [1.807, 2.05) is 196 Å². The Morgan fingerprint density at radius 3 is 1.35 bits per heavy atom. The number of rotatable bonds is 9. The van der Waals surface area contributed by atoms with Crippen LogP contribution < -0.4 is 10.5 Å². The van der Waals surface area contributed by atoms with Gasteiger partial charge in [0.25, 0.3) is 0 Å². The van der Waals surface area contributed by atoms with Gasteiger partial charge >= 0.3 is 0 Å². The second kappa shape index (κ2) is 22.1. The molecule has 0 saturated heterocycles. The maximum absolute atomic E-state index is 12.5. The van der Waals surface area contributed by atoms with Crippen LogP contribution in [-0.4, -0.2) is 53.5 Å². The van der Waals surface area contributed by atoms with Crippen LogP contribution in [0.3, 0.4) is 0 Å². The zero-order valence-corrected chi connectivity index (χ0v) is 42.2. The van der Waals surface area contributed by atoms with E-state index in [1.165, 1.54) is 0 Å². The minimum atomic E-state index is -1.32. The number of nitrogens with two attached hydrogens (primary N) is 1. The summed E-state index contributed by atoms with van der Waals surface area (Å²) in [5.41, 5.74) is 17.6. The van der Waals surface area contributed by atoms with Gasteiger partial charge in [-0.2, -0.15) is 4.40 Å². The number of aromatic nitrogens is 6. The monoisotopic (exact) mass is 953 g/mol. The first kappa shape index (κ1) is 50.1. The third-order valence-corrected chi connectivity index (χ3v) is 14.1. The topological polar surface area (TPSA) is 162 Å². The normalized spacial score (nSPS) is 13.7. The zero-order chi connectivity index (χ0) is 49.3. The summed E-state index contributed by atoms with van der Waals surface area (Å²) in [5, 5.41) is 2.94. The SMILES string of the molecule is CC(=N[S@@](=O)C(C)(C)C)c1cc2cccnc2nc1-c1ccccc1.CC(N)c1cc2cccnc2nc1-c1ccccc1.CC(N[S@@](=O)C(C)(C)C)c1cc2cccnc2nc1-c1ccccc1. The van der Waals surface area contributed by atoms with Crippen LogP contribution in [0.4, 0.5) is 0 Å². The Labute approximate surface area is 410 Å². The second-order valence-corrected chi connectivity index (χ2v) is 22.4. The van der Waals surface area contributed by atoms with E-state index in [1.54, 1.807) is 18.6 Å². The summed E-state index contributed by atoms with van der Waals surface area (Å²) in [7, 11) is -2.48. The quantitative estimate of drug-likeness (QED) is 0.134. The van der Waals surface area contributed by atoms with Crippen molar-refractivity contribution in [3.05, 3.63) is 181 Å². The first-order chi connectivity index (χ1) is 33.0. The van der Waals surface area contributed by atoms with Crippen molar-refractivity contribution in [1.82, 2.24) is 34.6 Å². The van der Waals surface area contributed by atoms with E-state index in [9.17, 15) is 8.42 Å². The van der Waals surface area contributed by atoms with Crippen molar-refractivity contribution < 1.29 is 8.42 Å². The molecule has 0 saturated carbocycles. The third-order valence-electron chi connectivity index (χ3n) is 10.9. The lowest BCUT2D eigenvalue weighted by Gasteiger charge is -2.23. The molecule has 4 atom stereocenters. The van der Waals surface area contributed by atoms with Crippen molar-refractivity contribution in [2.24, 2.45) is 10.1 Å². The fourth-order valence-electron chi connectivity index (χ4n) is 7.18. The highest BCUT2D eigenvalue weighted by atomic mass is 32.2. The molecule has 11 nitrogen and oxygen atoms in total. The summed E-state index contributed by atoms with van der Waals surface area (Å²) >= 11 is 0. The summed E-state index contributed by atoms with van der Waals surface area (Å²) in [6.07, 6.45) is 5.25. The van der Waals surface area contributed by atoms with Gasteiger partial charge in [-0.25, -0.2) is 43.0 Å². The van der Waals surface area contributed by atoms with E-state index in [4.69, 9.17) is 15.7 Å². The van der Waals surface area contributed by atoms with Gasteiger partial charge in [0.05, 0.1) is 43.3 Å². The lowest BCUT2D eigenvalue weighted by Crippen LogP contribution is -2.35. The van der Waals surface area contributed by atoms with Gasteiger partial charge < -0.3 is 5.73 Å². The van der Waals surface area contributed by atoms with Gasteiger partial charge in [0.15, 0.2) is 16.9 Å². The average Bonchev–Trinajstić information content (AvgIpc) is 3.35. The van der Waals surface area contributed by atoms with E-state index in [2.05, 4.69) is 41.2 Å². The second-order valence-electron chi connectivity index (χ2n) is 18.5. The van der Waals surface area contributed by atoms with Gasteiger partial charge in [0, 0.05) is 69.1 Å². The Hall–Kier alpha value is -6.77. The van der Waals surface area contributed by atoms with Crippen LogP contribution in [0.5, 0.6) is 0 Å². The van der Waals surface area contributed by atoms with Crippen LogP contribution in [0.1, 0.15) is 91.1 Å². The molecule has 0 aliphatic rings. The van der Waals surface area contributed by atoms with E-state index < -0.39 is 26.7 Å². The Balaban J connectivity index is 0.000000154. The number of hydrogen-bond donors (Lipinski definition) is 2. The molecule has 3 N–H and O–H groups in total. The molecule has 352 valence electrons. The van der Waals surface area contributed by atoms with Gasteiger partial charge in [-0.05, 0) is 128 Å². The van der Waals surface area contributed by atoms with Crippen molar-refractivity contribution in [2.45, 2.75) is 83.9 Å². The maximum Gasteiger partial charge on any atom is 0.159 e. The van der Waals surface area contributed by atoms with Crippen LogP contribution in [0, 0.1) is 0 Å². The Morgan fingerprint density at radius 1 is 0.536 bits per heavy atom. The first-order valence-electron chi connectivity index (χ1n) is 22.8. The number of pyridine rings is 6. The predicted octanol–water partition coefficient (Wildman–Crippen LogP) is 12.3. The number of nitrogens with zero attached hydrogens (tertiary/aromatic N) is 7. The molecule has 0 bridgehead atoms. The van der Waals surface area contributed by atoms with Gasteiger partial charge in [0.1, 0.15) is 11.0 Å². The highest BCUT2D eigenvalue weighted by Gasteiger charge is 2.24. The summed E-state index contributed by atoms with van der Waals surface area (Å²) in [6.45, 7) is 17.5. The average molecular weight is 954 g/mol. The zero-order valence-electron chi connectivity index (χ0n) is 40.6. The van der Waals surface area contributed by atoms with Gasteiger partial charge in [-0.3, -0.25) is 0 Å². The highest BCUT2D eigenvalue weighted by Crippen LogP contribution is 2.32. The van der Waals surface area contributed by atoms with Crippen molar-refractivity contribution in [1.29, 1.82) is 0 Å². The minimum absolute atomic E-state index is 0.0627. The molecule has 0 aliphatic carbocycles. The Morgan fingerprint density at radius 2 is 0.928 bits per heavy atom. The molecular formula is C56H59N9O2S2. The molecule has 13 heteroatoms. The number of benzene rings is 3. The lowest BCUT2D eigenvalue weighted by molar-refractivity contribution is 0.616. The summed E-state index contributed by atoms with van der Waals surface area (Å²) in [4.78, 5) is 27.3. The number of nitrogens with one attached hydrogen (secondary N) is 1. The molecule has 6 aromatic heterocycles. The first-order valence-corrected chi connectivity index (χ1v) is 25.1. The van der Waals surface area contributed by atoms with Gasteiger partial charge in [0.2, 0.25) is 0 Å². The highest BCUT2D eigenvalue weighted by molar-refractivity contribution is 7.85. The lowest BCUT2D eigenvalue weighted by atomic mass is 10.00. The largest absolute Gasteiger partial charge is 0.324 e. The molecule has 0 aliphatic heterocycles. The van der Waals surface area contributed by atoms with Crippen molar-refractivity contribution in [2.75, 3.05) is 0 Å². The van der Waals surface area contributed by atoms with E-state index in [0.717, 1.165) is 72.3 Å². The number of hydrogen-bond acceptors (Lipinski definition) is 9. The predicted molar refractivity (Wildman–Crippen MR) is 287 cm³/mol. The molecule has 0 radical (unpaired) electrons. The van der Waals surface area contributed by atoms with E-state index in [0.29, 0.717) is 17.0 Å². The van der Waals surface area contributed by atoms with Crippen molar-refractivity contribution in [3.63, 3.8) is 0 Å². The number of fused-ring (bicyclic) bond motifs is 3.